The van der Waals surface area contributed by atoms with E-state index in [2.05, 4.69) is 26.8 Å². The summed E-state index contributed by atoms with van der Waals surface area (Å²) < 4.78 is 15.3. The monoisotopic (exact) mass is 346 g/mol. The molecule has 2 radical (unpaired) electrons. The van der Waals surface area contributed by atoms with Gasteiger partial charge in [-0.15, -0.1) is 0 Å². The van der Waals surface area contributed by atoms with Crippen LogP contribution in [0.1, 0.15) is 5.56 Å². The number of nitrogens with zero attached hydrogens (tertiary/aromatic N) is 2. The molecular formula is C15H9AsClFN2. The van der Waals surface area contributed by atoms with Gasteiger partial charge in [0.25, 0.3) is 0 Å². The molecule has 0 aliphatic carbocycles. The Morgan fingerprint density at radius 1 is 1.20 bits per heavy atom. The van der Waals surface area contributed by atoms with Crippen LogP contribution >= 0.6 is 11.6 Å². The first kappa shape index (κ1) is 13.5. The summed E-state index contributed by atoms with van der Waals surface area (Å²) in [5.74, 6) is -0.435. The van der Waals surface area contributed by atoms with Crippen LogP contribution in [-0.4, -0.2) is 26.8 Å². The zero-order valence-electron chi connectivity index (χ0n) is 10.6. The maximum atomic E-state index is 14.5. The number of hydrogen-bond donors (Lipinski definition) is 0. The minimum absolute atomic E-state index is 0.0979. The van der Waals surface area contributed by atoms with Gasteiger partial charge in [-0.3, -0.25) is 0 Å². The van der Waals surface area contributed by atoms with E-state index in [1.54, 1.807) is 24.7 Å². The van der Waals surface area contributed by atoms with Crippen molar-refractivity contribution >= 4 is 43.7 Å². The summed E-state index contributed by atoms with van der Waals surface area (Å²) in [7, 11) is 0. The van der Waals surface area contributed by atoms with E-state index in [9.17, 15) is 4.39 Å². The van der Waals surface area contributed by atoms with Crippen LogP contribution in [0.15, 0.2) is 36.8 Å². The van der Waals surface area contributed by atoms with E-state index in [0.29, 0.717) is 10.9 Å². The second-order valence-electron chi connectivity index (χ2n) is 4.51. The van der Waals surface area contributed by atoms with E-state index in [4.69, 9.17) is 11.6 Å². The summed E-state index contributed by atoms with van der Waals surface area (Å²) >= 11 is 8.51. The zero-order valence-corrected chi connectivity index (χ0v) is 13.2. The molecule has 0 unspecified atom stereocenters. The molecule has 0 saturated heterocycles. The van der Waals surface area contributed by atoms with Crippen molar-refractivity contribution in [3.8, 4) is 11.1 Å². The van der Waals surface area contributed by atoms with E-state index in [1.807, 2.05) is 19.1 Å². The summed E-state index contributed by atoms with van der Waals surface area (Å²) in [4.78, 5) is 8.20. The molecule has 0 aliphatic heterocycles. The first-order valence-electron chi connectivity index (χ1n) is 5.95. The number of aromatic nitrogens is 2. The van der Waals surface area contributed by atoms with Crippen LogP contribution < -0.4 is 4.48 Å². The minimum atomic E-state index is -0.435. The molecule has 98 valence electrons. The topological polar surface area (TPSA) is 25.8 Å². The van der Waals surface area contributed by atoms with Crippen LogP contribution in [0.3, 0.4) is 0 Å². The van der Waals surface area contributed by atoms with Gasteiger partial charge >= 0.3 is 129 Å². The molecule has 0 bridgehead atoms. The fraction of sp³-hybridized carbons (Fsp3) is 0.0667. The van der Waals surface area contributed by atoms with Crippen molar-refractivity contribution in [1.29, 1.82) is 0 Å². The summed E-state index contributed by atoms with van der Waals surface area (Å²) in [6.45, 7) is 1.92. The SMILES string of the molecule is Cc1ccncc1-c1cc2cc([As])ncc2c(Cl)c1F. The first-order valence-corrected chi connectivity index (χ1v) is 7.27. The van der Waals surface area contributed by atoms with E-state index < -0.39 is 5.82 Å². The number of fused-ring (bicyclic) bond motifs is 1. The van der Waals surface area contributed by atoms with Gasteiger partial charge in [0.15, 0.2) is 0 Å². The Bertz CT molecular complexity index is 820. The van der Waals surface area contributed by atoms with Crippen molar-refractivity contribution in [3.05, 3.63) is 53.2 Å². The Labute approximate surface area is 129 Å². The average molecular weight is 347 g/mol. The van der Waals surface area contributed by atoms with Gasteiger partial charge in [0.1, 0.15) is 0 Å². The van der Waals surface area contributed by atoms with Crippen molar-refractivity contribution in [2.75, 3.05) is 0 Å². The van der Waals surface area contributed by atoms with Crippen molar-refractivity contribution < 1.29 is 4.39 Å². The second-order valence-corrected chi connectivity index (χ2v) is 5.85. The van der Waals surface area contributed by atoms with Crippen molar-refractivity contribution in [1.82, 2.24) is 9.97 Å². The molecule has 3 rings (SSSR count). The van der Waals surface area contributed by atoms with Crippen LogP contribution in [0.25, 0.3) is 21.9 Å². The fourth-order valence-corrected chi connectivity index (χ4v) is 2.83. The standard InChI is InChI=1S/C15H9AsClFN2/c1-8-2-3-19-6-11(8)10-4-9-5-13(16)20-7-12(9)14(17)15(10)18/h2-7H,1H3. The normalized spacial score (nSPS) is 11.0. The molecule has 1 aromatic carbocycles. The van der Waals surface area contributed by atoms with Gasteiger partial charge in [-0.1, -0.05) is 0 Å². The molecule has 0 N–H and O–H groups in total. The zero-order chi connectivity index (χ0) is 14.3. The Morgan fingerprint density at radius 2 is 2.00 bits per heavy atom. The predicted octanol–water partition coefficient (Wildman–Crippen LogP) is 3.19. The molecule has 0 fully saturated rings. The van der Waals surface area contributed by atoms with Gasteiger partial charge in [0.2, 0.25) is 0 Å². The van der Waals surface area contributed by atoms with E-state index in [0.717, 1.165) is 21.0 Å². The summed E-state index contributed by atoms with van der Waals surface area (Å²) in [6.07, 6.45) is 4.93. The number of benzene rings is 1. The van der Waals surface area contributed by atoms with Crippen LogP contribution in [0, 0.1) is 12.7 Å². The molecule has 3 aromatic rings. The summed E-state index contributed by atoms with van der Waals surface area (Å²) in [5, 5.41) is 1.57. The molecule has 0 atom stereocenters. The summed E-state index contributed by atoms with van der Waals surface area (Å²) in [6, 6.07) is 5.51. The van der Waals surface area contributed by atoms with Crippen LogP contribution in [0.4, 0.5) is 4.39 Å². The van der Waals surface area contributed by atoms with Gasteiger partial charge in [-0.25, -0.2) is 0 Å². The van der Waals surface area contributed by atoms with Crippen molar-refractivity contribution in [2.45, 2.75) is 6.92 Å². The quantitative estimate of drug-likeness (QED) is 0.632. The number of hydrogen-bond acceptors (Lipinski definition) is 2. The Morgan fingerprint density at radius 3 is 2.75 bits per heavy atom. The Kier molecular flexibility index (Phi) is 3.49. The third-order valence-corrected chi connectivity index (χ3v) is 4.10. The van der Waals surface area contributed by atoms with Crippen molar-refractivity contribution in [3.63, 3.8) is 0 Å². The predicted molar refractivity (Wildman–Crippen MR) is 80.1 cm³/mol. The average Bonchev–Trinajstić information content (AvgIpc) is 2.43. The Hall–Kier alpha value is -1.44. The fourth-order valence-electron chi connectivity index (χ4n) is 2.16. The van der Waals surface area contributed by atoms with Crippen molar-refractivity contribution in [2.24, 2.45) is 0 Å². The van der Waals surface area contributed by atoms with Crippen LogP contribution in [0.2, 0.25) is 5.02 Å². The van der Waals surface area contributed by atoms with E-state index in [-0.39, 0.29) is 5.02 Å². The van der Waals surface area contributed by atoms with Gasteiger partial charge in [-0.2, -0.15) is 0 Å². The third kappa shape index (κ3) is 2.21. The Balaban J connectivity index is 2.37. The van der Waals surface area contributed by atoms with E-state index >= 15 is 0 Å². The van der Waals surface area contributed by atoms with Crippen LogP contribution in [-0.2, 0) is 0 Å². The molecule has 0 amide bonds. The number of pyridine rings is 2. The second kappa shape index (κ2) is 5.16. The number of halogens is 2. The van der Waals surface area contributed by atoms with Gasteiger partial charge in [-0.05, 0) is 0 Å². The third-order valence-electron chi connectivity index (χ3n) is 3.22. The van der Waals surface area contributed by atoms with Gasteiger partial charge < -0.3 is 0 Å². The number of aryl methyl sites for hydroxylation is 1. The molecule has 5 heteroatoms. The molecule has 0 aliphatic rings. The molecule has 2 heterocycles. The van der Waals surface area contributed by atoms with Gasteiger partial charge in [0.05, 0.1) is 0 Å². The van der Waals surface area contributed by atoms with Crippen LogP contribution in [0.5, 0.6) is 0 Å². The molecule has 0 saturated carbocycles. The first-order chi connectivity index (χ1) is 9.58. The molecule has 2 aromatic heterocycles. The maximum absolute atomic E-state index is 14.5. The number of rotatable bonds is 1. The summed E-state index contributed by atoms with van der Waals surface area (Å²) in [5.41, 5.74) is 2.17. The van der Waals surface area contributed by atoms with Gasteiger partial charge in [0, 0.05) is 0 Å². The van der Waals surface area contributed by atoms with E-state index in [1.165, 1.54) is 0 Å². The molecule has 2 nitrogen and oxygen atoms in total. The molecule has 0 spiro atoms. The molecule has 20 heavy (non-hydrogen) atoms. The molecular weight excluding hydrogens is 338 g/mol.